The average Bonchev–Trinajstić information content (AvgIpc) is 2.04. The van der Waals surface area contributed by atoms with E-state index in [0.29, 0.717) is 0 Å². The van der Waals surface area contributed by atoms with Crippen LogP contribution in [-0.4, -0.2) is 73.0 Å². The Balaban J connectivity index is 0. The maximum atomic E-state index is 10.8. The van der Waals surface area contributed by atoms with Gasteiger partial charge in [0.05, 0.1) is 13.2 Å². The second-order valence-corrected chi connectivity index (χ2v) is 3.99. The molecule has 0 aliphatic heterocycles. The van der Waals surface area contributed by atoms with E-state index < -0.39 is 10.4 Å². The van der Waals surface area contributed by atoms with E-state index in [1.54, 1.807) is 6.92 Å². The Morgan fingerprint density at radius 1 is 1.00 bits per heavy atom. The summed E-state index contributed by atoms with van der Waals surface area (Å²) in [5.74, 6) is 0. The molecule has 0 heterocycles. The Morgan fingerprint density at radius 2 is 1.64 bits per heavy atom. The molecule has 0 aromatic rings. The Bertz CT molecular complexity index is 203. The average molecular weight is 250 g/mol. The molecule has 0 N–H and O–H groups in total. The summed E-state index contributed by atoms with van der Waals surface area (Å²) in [6.45, 7) is 4.05. The van der Waals surface area contributed by atoms with Gasteiger partial charge in [-0.25, -0.2) is 8.37 Å². The molecule has 0 aromatic heterocycles. The monoisotopic (exact) mass is 250 g/mol. The molecule has 0 rings (SSSR count). The molecule has 4 nitrogen and oxygen atoms in total. The molecular weight excluding hydrogens is 231 g/mol. The van der Waals surface area contributed by atoms with Gasteiger partial charge in [-0.2, -0.15) is 8.42 Å². The third kappa shape index (κ3) is 11.6. The van der Waals surface area contributed by atoms with Gasteiger partial charge in [0.15, 0.2) is 0 Å². The van der Waals surface area contributed by atoms with Crippen molar-refractivity contribution in [2.24, 2.45) is 0 Å². The van der Waals surface area contributed by atoms with Crippen molar-refractivity contribution < 1.29 is 16.8 Å². The molecule has 0 amide bonds. The second-order valence-electron chi connectivity index (χ2n) is 2.70. The van der Waals surface area contributed by atoms with Gasteiger partial charge in [-0.3, -0.25) is 0 Å². The summed E-state index contributed by atoms with van der Waals surface area (Å²) in [6.07, 6.45) is 3.99. The van der Waals surface area contributed by atoms with Crippen molar-refractivity contribution >= 4 is 61.8 Å². The van der Waals surface area contributed by atoms with Gasteiger partial charge in [0.1, 0.15) is 0 Å². The van der Waals surface area contributed by atoms with Crippen LogP contribution in [0.2, 0.25) is 0 Å². The molecule has 0 aliphatic rings. The minimum atomic E-state index is -3.72. The predicted molar refractivity (Wildman–Crippen MR) is 57.8 cm³/mol. The van der Waals surface area contributed by atoms with Gasteiger partial charge in [0, 0.05) is 0 Å². The zero-order valence-corrected chi connectivity index (χ0v) is 9.10. The van der Waals surface area contributed by atoms with E-state index in [1.165, 1.54) is 0 Å². The fourth-order valence-electron chi connectivity index (χ4n) is 0.868. The molecule has 6 heteroatoms. The first-order valence-corrected chi connectivity index (χ1v) is 5.99. The van der Waals surface area contributed by atoms with E-state index in [2.05, 4.69) is 15.3 Å². The molecule has 0 unspecified atom stereocenters. The van der Waals surface area contributed by atoms with Crippen LogP contribution in [0.1, 0.15) is 39.5 Å². The number of rotatable bonds is 8. The van der Waals surface area contributed by atoms with Crippen LogP contribution in [0.3, 0.4) is 0 Å². The van der Waals surface area contributed by atoms with Crippen LogP contribution in [0.4, 0.5) is 0 Å². The van der Waals surface area contributed by atoms with E-state index in [-0.39, 0.29) is 64.6 Å². The first-order chi connectivity index (χ1) is 6.12. The fourth-order valence-corrected chi connectivity index (χ4v) is 1.55. The summed E-state index contributed by atoms with van der Waals surface area (Å²) in [6, 6.07) is 0. The zero-order chi connectivity index (χ0) is 10.2. The second kappa shape index (κ2) is 11.0. The molecule has 82 valence electrons. The van der Waals surface area contributed by atoms with Crippen LogP contribution >= 0.6 is 0 Å². The molecule has 0 aromatic carbocycles. The molecule has 0 radical (unpaired) electrons. The standard InChI is InChI=1S/C8H18O4S.K.H/c1-3-5-6-7-8-12-13(9,10)11-4-2;;/h3-8H2,1-2H3;;. The van der Waals surface area contributed by atoms with Gasteiger partial charge in [-0.05, 0) is 13.3 Å². The third-order valence-electron chi connectivity index (χ3n) is 1.49. The van der Waals surface area contributed by atoms with Crippen molar-refractivity contribution in [1.82, 2.24) is 0 Å². The van der Waals surface area contributed by atoms with E-state index >= 15 is 0 Å². The van der Waals surface area contributed by atoms with Crippen molar-refractivity contribution in [2.45, 2.75) is 39.5 Å². The summed E-state index contributed by atoms with van der Waals surface area (Å²) in [7, 11) is -3.72. The van der Waals surface area contributed by atoms with Crippen LogP contribution in [0.15, 0.2) is 0 Å². The topological polar surface area (TPSA) is 52.6 Å². The normalized spacial score (nSPS) is 11.0. The maximum absolute atomic E-state index is 10.8. The molecule has 0 saturated carbocycles. The Kier molecular flexibility index (Phi) is 14.1. The summed E-state index contributed by atoms with van der Waals surface area (Å²) in [4.78, 5) is 0. The summed E-state index contributed by atoms with van der Waals surface area (Å²) in [5.41, 5.74) is 0. The molecule has 0 aliphatic carbocycles. The van der Waals surface area contributed by atoms with Crippen LogP contribution in [-0.2, 0) is 18.8 Å². The van der Waals surface area contributed by atoms with Crippen molar-refractivity contribution in [1.29, 1.82) is 0 Å². The SMILES string of the molecule is CCCCCCOS(=O)(=O)OCC.[KH]. The molecule has 14 heavy (non-hydrogen) atoms. The van der Waals surface area contributed by atoms with E-state index in [0.717, 1.165) is 25.7 Å². The van der Waals surface area contributed by atoms with Gasteiger partial charge in [-0.15, -0.1) is 0 Å². The van der Waals surface area contributed by atoms with Gasteiger partial charge in [0.25, 0.3) is 0 Å². The number of hydrogen-bond donors (Lipinski definition) is 0. The van der Waals surface area contributed by atoms with Gasteiger partial charge in [-0.1, -0.05) is 26.2 Å². The summed E-state index contributed by atoms with van der Waals surface area (Å²) >= 11 is 0. The molecule has 0 atom stereocenters. The van der Waals surface area contributed by atoms with Crippen molar-refractivity contribution in [3.63, 3.8) is 0 Å². The molecule has 0 fully saturated rings. The Labute approximate surface area is 129 Å². The van der Waals surface area contributed by atoms with Crippen LogP contribution in [0.5, 0.6) is 0 Å². The quantitative estimate of drug-likeness (QED) is 0.480. The van der Waals surface area contributed by atoms with Gasteiger partial charge >= 0.3 is 61.8 Å². The molecular formula is C8H19KO4S. The van der Waals surface area contributed by atoms with Crippen molar-refractivity contribution in [2.75, 3.05) is 13.2 Å². The zero-order valence-electron chi connectivity index (χ0n) is 8.28. The molecule has 0 saturated heterocycles. The van der Waals surface area contributed by atoms with Crippen LogP contribution in [0.25, 0.3) is 0 Å². The minimum absolute atomic E-state index is 0. The van der Waals surface area contributed by atoms with E-state index in [4.69, 9.17) is 0 Å². The summed E-state index contributed by atoms with van der Waals surface area (Å²) < 4.78 is 30.6. The fraction of sp³-hybridized carbons (Fsp3) is 1.00. The first kappa shape index (κ1) is 17.9. The van der Waals surface area contributed by atoms with E-state index in [9.17, 15) is 8.42 Å². The number of unbranched alkanes of at least 4 members (excludes halogenated alkanes) is 3. The molecule has 0 bridgehead atoms. The first-order valence-electron chi connectivity index (χ1n) is 4.66. The summed E-state index contributed by atoms with van der Waals surface area (Å²) in [5, 5.41) is 0. The van der Waals surface area contributed by atoms with E-state index in [1.807, 2.05) is 0 Å². The van der Waals surface area contributed by atoms with Crippen LogP contribution < -0.4 is 0 Å². The third-order valence-corrected chi connectivity index (χ3v) is 2.47. The Hall–Kier alpha value is 1.51. The van der Waals surface area contributed by atoms with Crippen molar-refractivity contribution in [3.8, 4) is 0 Å². The van der Waals surface area contributed by atoms with Gasteiger partial charge in [0.2, 0.25) is 0 Å². The van der Waals surface area contributed by atoms with Gasteiger partial charge < -0.3 is 0 Å². The number of hydrogen-bond acceptors (Lipinski definition) is 4. The Morgan fingerprint density at radius 3 is 2.14 bits per heavy atom. The van der Waals surface area contributed by atoms with Crippen molar-refractivity contribution in [3.05, 3.63) is 0 Å². The van der Waals surface area contributed by atoms with Crippen LogP contribution in [0, 0.1) is 0 Å². The predicted octanol–water partition coefficient (Wildman–Crippen LogP) is 1.22. The molecule has 0 spiro atoms.